The van der Waals surface area contributed by atoms with Crippen molar-refractivity contribution in [2.45, 2.75) is 19.8 Å². The summed E-state index contributed by atoms with van der Waals surface area (Å²) in [7, 11) is 1.61. The molecule has 1 saturated heterocycles. The van der Waals surface area contributed by atoms with Gasteiger partial charge in [0.25, 0.3) is 0 Å². The zero-order chi connectivity index (χ0) is 14.1. The number of carbonyl (C=O) groups excluding carboxylic acids is 1. The number of carbonyl (C=O) groups is 1. The predicted molar refractivity (Wildman–Crippen MR) is 74.8 cm³/mol. The molecule has 2 heterocycles. The molecule has 1 aromatic heterocycles. The molecular formula is C14H20N4O2. The van der Waals surface area contributed by atoms with Gasteiger partial charge in [0.2, 0.25) is 11.8 Å². The Kier molecular flexibility index (Phi) is 3.46. The molecule has 0 spiro atoms. The van der Waals surface area contributed by atoms with Crippen LogP contribution in [0.5, 0.6) is 5.88 Å². The molecule has 1 saturated carbocycles. The molecule has 6 nitrogen and oxygen atoms in total. The third kappa shape index (κ3) is 2.69. The Balaban J connectivity index is 1.65. The molecule has 6 heteroatoms. The second-order valence-electron chi connectivity index (χ2n) is 5.40. The van der Waals surface area contributed by atoms with E-state index in [0.29, 0.717) is 23.5 Å². The Labute approximate surface area is 118 Å². The Hall–Kier alpha value is -1.85. The maximum absolute atomic E-state index is 12.0. The van der Waals surface area contributed by atoms with Crippen molar-refractivity contribution < 1.29 is 9.53 Å². The van der Waals surface area contributed by atoms with E-state index in [-0.39, 0.29) is 0 Å². The molecule has 0 atom stereocenters. The van der Waals surface area contributed by atoms with Crippen molar-refractivity contribution in [2.24, 2.45) is 5.92 Å². The fraction of sp³-hybridized carbons (Fsp3) is 0.643. The molecule has 2 aliphatic rings. The molecule has 20 heavy (non-hydrogen) atoms. The molecule has 108 valence electrons. The normalized spacial score (nSPS) is 19.1. The Morgan fingerprint density at radius 2 is 1.95 bits per heavy atom. The number of nitrogens with zero attached hydrogens (tertiary/aromatic N) is 4. The van der Waals surface area contributed by atoms with Crippen molar-refractivity contribution in [3.05, 3.63) is 11.9 Å². The molecule has 0 radical (unpaired) electrons. The van der Waals surface area contributed by atoms with Crippen LogP contribution in [0.15, 0.2) is 6.07 Å². The maximum atomic E-state index is 12.0. The Morgan fingerprint density at radius 1 is 1.25 bits per heavy atom. The van der Waals surface area contributed by atoms with Gasteiger partial charge < -0.3 is 14.5 Å². The van der Waals surface area contributed by atoms with Crippen molar-refractivity contribution in [3.63, 3.8) is 0 Å². The number of methoxy groups -OCH3 is 1. The van der Waals surface area contributed by atoms with Gasteiger partial charge in [-0.2, -0.15) is 4.98 Å². The summed E-state index contributed by atoms with van der Waals surface area (Å²) in [5, 5.41) is 0. The van der Waals surface area contributed by atoms with Crippen molar-refractivity contribution in [1.29, 1.82) is 0 Å². The van der Waals surface area contributed by atoms with Gasteiger partial charge in [-0.05, 0) is 19.8 Å². The van der Waals surface area contributed by atoms with E-state index in [2.05, 4.69) is 14.9 Å². The first-order valence-corrected chi connectivity index (χ1v) is 7.11. The summed E-state index contributed by atoms with van der Waals surface area (Å²) in [6.07, 6.45) is 2.14. The average Bonchev–Trinajstić information content (AvgIpc) is 3.30. The van der Waals surface area contributed by atoms with Crippen LogP contribution in [-0.2, 0) is 4.79 Å². The molecule has 0 unspecified atom stereocenters. The van der Waals surface area contributed by atoms with E-state index < -0.39 is 0 Å². The summed E-state index contributed by atoms with van der Waals surface area (Å²) in [6, 6.07) is 1.85. The minimum Gasteiger partial charge on any atom is -0.481 e. The SMILES string of the molecule is COc1cc(N2CCN(C(=O)C3CC3)CC2)nc(C)n1. The molecule has 1 aliphatic carbocycles. The first kappa shape index (κ1) is 13.1. The summed E-state index contributed by atoms with van der Waals surface area (Å²) < 4.78 is 5.18. The zero-order valence-electron chi connectivity index (χ0n) is 12.0. The molecule has 2 fully saturated rings. The van der Waals surface area contributed by atoms with E-state index in [4.69, 9.17) is 4.74 Å². The number of anilines is 1. The van der Waals surface area contributed by atoms with Gasteiger partial charge in [-0.1, -0.05) is 0 Å². The number of aryl methyl sites for hydroxylation is 1. The third-order valence-electron chi connectivity index (χ3n) is 3.85. The lowest BCUT2D eigenvalue weighted by Gasteiger charge is -2.35. The standard InChI is InChI=1S/C14H20N4O2/c1-10-15-12(9-13(16-10)20-2)17-5-7-18(8-6-17)14(19)11-3-4-11/h9,11H,3-8H2,1-2H3. The fourth-order valence-electron chi connectivity index (χ4n) is 2.54. The van der Waals surface area contributed by atoms with E-state index in [1.807, 2.05) is 17.9 Å². The van der Waals surface area contributed by atoms with Crippen molar-refractivity contribution in [1.82, 2.24) is 14.9 Å². The molecule has 1 aromatic rings. The Bertz CT molecular complexity index is 508. The largest absolute Gasteiger partial charge is 0.481 e. The van der Waals surface area contributed by atoms with E-state index in [1.54, 1.807) is 7.11 Å². The van der Waals surface area contributed by atoms with E-state index >= 15 is 0 Å². The second-order valence-corrected chi connectivity index (χ2v) is 5.40. The number of amides is 1. The molecule has 1 aliphatic heterocycles. The summed E-state index contributed by atoms with van der Waals surface area (Å²) >= 11 is 0. The lowest BCUT2D eigenvalue weighted by Crippen LogP contribution is -2.49. The van der Waals surface area contributed by atoms with Gasteiger partial charge in [0, 0.05) is 38.2 Å². The van der Waals surface area contributed by atoms with Crippen LogP contribution in [0.2, 0.25) is 0 Å². The second kappa shape index (κ2) is 5.26. The van der Waals surface area contributed by atoms with Gasteiger partial charge in [0.05, 0.1) is 7.11 Å². The van der Waals surface area contributed by atoms with Gasteiger partial charge in [-0.25, -0.2) is 4.98 Å². The van der Waals surface area contributed by atoms with Crippen LogP contribution in [-0.4, -0.2) is 54.1 Å². The Morgan fingerprint density at radius 3 is 2.55 bits per heavy atom. The first-order chi connectivity index (χ1) is 9.67. The minimum atomic E-state index is 0.308. The molecule has 0 bridgehead atoms. The number of ether oxygens (including phenoxy) is 1. The zero-order valence-corrected chi connectivity index (χ0v) is 12.0. The van der Waals surface area contributed by atoms with Gasteiger partial charge in [0.15, 0.2) is 0 Å². The predicted octanol–water partition coefficient (Wildman–Crippen LogP) is 0.852. The maximum Gasteiger partial charge on any atom is 0.225 e. The summed E-state index contributed by atoms with van der Waals surface area (Å²) in [5.41, 5.74) is 0. The quantitative estimate of drug-likeness (QED) is 0.819. The van der Waals surface area contributed by atoms with Crippen LogP contribution in [0.4, 0.5) is 5.82 Å². The highest BCUT2D eigenvalue weighted by Crippen LogP contribution is 2.31. The number of piperazine rings is 1. The number of hydrogen-bond donors (Lipinski definition) is 0. The smallest absolute Gasteiger partial charge is 0.225 e. The van der Waals surface area contributed by atoms with Gasteiger partial charge in [-0.3, -0.25) is 4.79 Å². The van der Waals surface area contributed by atoms with Crippen molar-refractivity contribution >= 4 is 11.7 Å². The highest BCUT2D eigenvalue weighted by Gasteiger charge is 2.34. The van der Waals surface area contributed by atoms with Gasteiger partial charge >= 0.3 is 0 Å². The summed E-state index contributed by atoms with van der Waals surface area (Å²) in [5.74, 6) is 2.82. The lowest BCUT2D eigenvalue weighted by molar-refractivity contribution is -0.132. The monoisotopic (exact) mass is 276 g/mol. The van der Waals surface area contributed by atoms with Gasteiger partial charge in [-0.15, -0.1) is 0 Å². The van der Waals surface area contributed by atoms with Crippen LogP contribution in [0.25, 0.3) is 0 Å². The van der Waals surface area contributed by atoms with E-state index in [0.717, 1.165) is 44.8 Å². The van der Waals surface area contributed by atoms with Crippen LogP contribution < -0.4 is 9.64 Å². The molecule has 3 rings (SSSR count). The minimum absolute atomic E-state index is 0.308. The number of aromatic nitrogens is 2. The molecular weight excluding hydrogens is 256 g/mol. The highest BCUT2D eigenvalue weighted by atomic mass is 16.5. The average molecular weight is 276 g/mol. The molecule has 0 aromatic carbocycles. The number of rotatable bonds is 3. The molecule has 0 N–H and O–H groups in total. The van der Waals surface area contributed by atoms with Crippen LogP contribution >= 0.6 is 0 Å². The summed E-state index contributed by atoms with van der Waals surface area (Å²) in [4.78, 5) is 24.8. The van der Waals surface area contributed by atoms with E-state index in [1.165, 1.54) is 0 Å². The molecule has 1 amide bonds. The topological polar surface area (TPSA) is 58.6 Å². The van der Waals surface area contributed by atoms with Crippen LogP contribution in [0.3, 0.4) is 0 Å². The van der Waals surface area contributed by atoms with Crippen LogP contribution in [0, 0.1) is 12.8 Å². The van der Waals surface area contributed by atoms with Crippen molar-refractivity contribution in [3.8, 4) is 5.88 Å². The van der Waals surface area contributed by atoms with Crippen LogP contribution in [0.1, 0.15) is 18.7 Å². The summed E-state index contributed by atoms with van der Waals surface area (Å²) in [6.45, 7) is 5.05. The third-order valence-corrected chi connectivity index (χ3v) is 3.85. The van der Waals surface area contributed by atoms with Gasteiger partial charge in [0.1, 0.15) is 11.6 Å². The lowest BCUT2D eigenvalue weighted by atomic mass is 10.2. The van der Waals surface area contributed by atoms with Crippen molar-refractivity contribution in [2.75, 3.05) is 38.2 Å². The van der Waals surface area contributed by atoms with E-state index in [9.17, 15) is 4.79 Å². The highest BCUT2D eigenvalue weighted by molar-refractivity contribution is 5.81. The number of hydrogen-bond acceptors (Lipinski definition) is 5. The fourth-order valence-corrected chi connectivity index (χ4v) is 2.54. The first-order valence-electron chi connectivity index (χ1n) is 7.11.